The van der Waals surface area contributed by atoms with E-state index in [2.05, 4.69) is 0 Å². The van der Waals surface area contributed by atoms with E-state index >= 15 is 0 Å². The van der Waals surface area contributed by atoms with E-state index in [4.69, 9.17) is 4.74 Å². The highest BCUT2D eigenvalue weighted by atomic mass is 19.3. The molecule has 3 aliphatic rings. The van der Waals surface area contributed by atoms with Crippen LogP contribution in [0.5, 0.6) is 0 Å². The zero-order valence-corrected chi connectivity index (χ0v) is 8.92. The van der Waals surface area contributed by atoms with E-state index in [0.717, 1.165) is 19.3 Å². The lowest BCUT2D eigenvalue weighted by Crippen LogP contribution is -2.37. The molecule has 3 unspecified atom stereocenters. The van der Waals surface area contributed by atoms with Crippen molar-refractivity contribution < 1.29 is 13.5 Å². The summed E-state index contributed by atoms with van der Waals surface area (Å²) in [5, 5.41) is 0. The minimum absolute atomic E-state index is 0.438. The Morgan fingerprint density at radius 2 is 1.87 bits per heavy atom. The Morgan fingerprint density at radius 3 is 2.67 bits per heavy atom. The van der Waals surface area contributed by atoms with Crippen molar-refractivity contribution in [2.24, 2.45) is 17.8 Å². The van der Waals surface area contributed by atoms with Crippen LogP contribution in [-0.2, 0) is 4.74 Å². The van der Waals surface area contributed by atoms with Gasteiger partial charge in [0.05, 0.1) is 5.60 Å². The fourth-order valence-electron chi connectivity index (χ4n) is 4.41. The van der Waals surface area contributed by atoms with E-state index < -0.39 is 12.2 Å². The minimum Gasteiger partial charge on any atom is -0.316 e. The first-order valence-electron chi connectivity index (χ1n) is 6.13. The summed E-state index contributed by atoms with van der Waals surface area (Å²) in [7, 11) is 0. The predicted octanol–water partition coefficient (Wildman–Crippen LogP) is 3.58. The number of fused-ring (bicyclic) bond motifs is 2. The van der Waals surface area contributed by atoms with Crippen molar-refractivity contribution in [3.8, 4) is 0 Å². The highest BCUT2D eigenvalue weighted by Gasteiger charge is 2.53. The fourth-order valence-corrected chi connectivity index (χ4v) is 4.41. The molecule has 0 amide bonds. The molecule has 3 aliphatic carbocycles. The second-order valence-corrected chi connectivity index (χ2v) is 5.73. The highest BCUT2D eigenvalue weighted by molar-refractivity contribution is 5.03. The van der Waals surface area contributed by atoms with Crippen LogP contribution in [-0.4, -0.2) is 12.2 Å². The van der Waals surface area contributed by atoms with Gasteiger partial charge in [-0.3, -0.25) is 0 Å². The van der Waals surface area contributed by atoms with Crippen LogP contribution in [0.25, 0.3) is 0 Å². The highest BCUT2D eigenvalue weighted by Crippen LogP contribution is 2.57. The largest absolute Gasteiger partial charge is 0.345 e. The fraction of sp³-hybridized carbons (Fsp3) is 1.00. The van der Waals surface area contributed by atoms with E-state index in [1.165, 1.54) is 25.7 Å². The molecular weight excluding hydrogens is 198 g/mol. The standard InChI is InChI=1S/C12H18F2O/c13-11(14)15-12-5-8-2-1-3-9(6-12)10(4-8)7-12/h8-11H,1-7H2/t8?,9?,10?,12-/m1/s1. The van der Waals surface area contributed by atoms with Crippen molar-refractivity contribution in [1.29, 1.82) is 0 Å². The van der Waals surface area contributed by atoms with Gasteiger partial charge in [0.1, 0.15) is 0 Å². The summed E-state index contributed by atoms with van der Waals surface area (Å²) in [6.45, 7) is -2.58. The van der Waals surface area contributed by atoms with Gasteiger partial charge in [-0.2, -0.15) is 8.78 Å². The van der Waals surface area contributed by atoms with Crippen LogP contribution < -0.4 is 0 Å². The Kier molecular flexibility index (Phi) is 2.27. The van der Waals surface area contributed by atoms with Gasteiger partial charge >= 0.3 is 6.61 Å². The first-order chi connectivity index (χ1) is 7.17. The second-order valence-electron chi connectivity index (χ2n) is 5.73. The van der Waals surface area contributed by atoms with Crippen LogP contribution in [0.15, 0.2) is 0 Å². The third-order valence-electron chi connectivity index (χ3n) is 4.76. The SMILES string of the molecule is FC(F)O[C@]12CC3CCCC(C1)C(C3)C2. The van der Waals surface area contributed by atoms with Gasteiger partial charge in [-0.1, -0.05) is 19.3 Å². The Labute approximate surface area is 89.2 Å². The Morgan fingerprint density at radius 1 is 1.07 bits per heavy atom. The number of hydrogen-bond acceptors (Lipinski definition) is 1. The molecule has 0 heterocycles. The summed E-state index contributed by atoms with van der Waals surface area (Å²) in [6.07, 6.45) is 7.76. The van der Waals surface area contributed by atoms with Gasteiger partial charge in [-0.25, -0.2) is 0 Å². The van der Waals surface area contributed by atoms with E-state index in [0.29, 0.717) is 17.8 Å². The topological polar surface area (TPSA) is 9.23 Å². The molecular formula is C12H18F2O. The first-order valence-corrected chi connectivity index (χ1v) is 6.13. The molecule has 3 rings (SSSR count). The monoisotopic (exact) mass is 216 g/mol. The van der Waals surface area contributed by atoms with Crippen LogP contribution in [0, 0.1) is 17.8 Å². The molecule has 0 aromatic carbocycles. The maximum Gasteiger partial charge on any atom is 0.345 e. The lowest BCUT2D eigenvalue weighted by molar-refractivity contribution is -0.219. The van der Waals surface area contributed by atoms with Crippen molar-refractivity contribution in [1.82, 2.24) is 0 Å². The molecule has 0 spiro atoms. The average Bonchev–Trinajstić information content (AvgIpc) is 2.26. The number of rotatable bonds is 2. The van der Waals surface area contributed by atoms with Crippen molar-refractivity contribution in [2.45, 2.75) is 57.2 Å². The molecule has 86 valence electrons. The smallest absolute Gasteiger partial charge is 0.316 e. The zero-order chi connectivity index (χ0) is 10.5. The molecule has 0 aromatic heterocycles. The molecule has 1 nitrogen and oxygen atoms in total. The quantitative estimate of drug-likeness (QED) is 0.685. The van der Waals surface area contributed by atoms with Crippen LogP contribution in [0.4, 0.5) is 8.78 Å². The van der Waals surface area contributed by atoms with Crippen molar-refractivity contribution >= 4 is 0 Å². The number of hydrogen-bond donors (Lipinski definition) is 0. The molecule has 0 radical (unpaired) electrons. The Balaban J connectivity index is 1.82. The normalized spacial score (nSPS) is 48.6. The molecule has 0 N–H and O–H groups in total. The first kappa shape index (κ1) is 10.0. The minimum atomic E-state index is -2.58. The van der Waals surface area contributed by atoms with E-state index in [1.54, 1.807) is 0 Å². The molecule has 0 aliphatic heterocycles. The summed E-state index contributed by atoms with van der Waals surface area (Å²) in [6, 6.07) is 0. The number of halogens is 2. The number of alkyl halides is 2. The van der Waals surface area contributed by atoms with Crippen LogP contribution in [0.1, 0.15) is 44.9 Å². The molecule has 4 atom stereocenters. The van der Waals surface area contributed by atoms with E-state index in [9.17, 15) is 8.78 Å². The second kappa shape index (κ2) is 3.41. The Hall–Kier alpha value is -0.180. The summed E-state index contributed by atoms with van der Waals surface area (Å²) < 4.78 is 29.8. The van der Waals surface area contributed by atoms with Crippen LogP contribution >= 0.6 is 0 Å². The van der Waals surface area contributed by atoms with Gasteiger partial charge in [0.2, 0.25) is 0 Å². The lowest BCUT2D eigenvalue weighted by atomic mass is 9.77. The zero-order valence-electron chi connectivity index (χ0n) is 8.92. The molecule has 0 saturated heterocycles. The Bertz CT molecular complexity index is 252. The van der Waals surface area contributed by atoms with Crippen LogP contribution in [0.3, 0.4) is 0 Å². The summed E-state index contributed by atoms with van der Waals surface area (Å²) in [4.78, 5) is 0. The third kappa shape index (κ3) is 1.69. The van der Waals surface area contributed by atoms with Gasteiger partial charge in [0.25, 0.3) is 0 Å². The van der Waals surface area contributed by atoms with Gasteiger partial charge in [0, 0.05) is 0 Å². The molecule has 15 heavy (non-hydrogen) atoms. The molecule has 3 saturated carbocycles. The summed E-state index contributed by atoms with van der Waals surface area (Å²) in [5.41, 5.74) is -0.438. The van der Waals surface area contributed by atoms with Crippen LogP contribution in [0.2, 0.25) is 0 Å². The molecule has 3 bridgehead atoms. The van der Waals surface area contributed by atoms with Crippen molar-refractivity contribution in [3.05, 3.63) is 0 Å². The number of ether oxygens (including phenoxy) is 1. The maximum atomic E-state index is 12.4. The maximum absolute atomic E-state index is 12.4. The lowest BCUT2D eigenvalue weighted by Gasteiger charge is -2.37. The van der Waals surface area contributed by atoms with E-state index in [1.807, 2.05) is 0 Å². The van der Waals surface area contributed by atoms with E-state index in [-0.39, 0.29) is 0 Å². The van der Waals surface area contributed by atoms with Crippen molar-refractivity contribution in [3.63, 3.8) is 0 Å². The third-order valence-corrected chi connectivity index (χ3v) is 4.76. The predicted molar refractivity (Wildman–Crippen MR) is 52.6 cm³/mol. The van der Waals surface area contributed by atoms with Gasteiger partial charge in [0.15, 0.2) is 0 Å². The summed E-state index contributed by atoms with van der Waals surface area (Å²) in [5.74, 6) is 2.02. The van der Waals surface area contributed by atoms with Crippen molar-refractivity contribution in [2.75, 3.05) is 0 Å². The average molecular weight is 216 g/mol. The van der Waals surface area contributed by atoms with Gasteiger partial charge in [-0.15, -0.1) is 0 Å². The molecule has 3 fully saturated rings. The molecule has 0 aromatic rings. The van der Waals surface area contributed by atoms with Gasteiger partial charge in [-0.05, 0) is 43.4 Å². The summed E-state index contributed by atoms with van der Waals surface area (Å²) >= 11 is 0. The molecule has 3 heteroatoms. The van der Waals surface area contributed by atoms with Gasteiger partial charge < -0.3 is 4.74 Å².